The van der Waals surface area contributed by atoms with Gasteiger partial charge in [-0.2, -0.15) is 0 Å². The lowest BCUT2D eigenvalue weighted by Crippen LogP contribution is -2.46. The zero-order chi connectivity index (χ0) is 18.6. The van der Waals surface area contributed by atoms with Gasteiger partial charge in [-0.05, 0) is 38.2 Å². The van der Waals surface area contributed by atoms with E-state index in [1.807, 2.05) is 18.2 Å². The summed E-state index contributed by atoms with van der Waals surface area (Å²) in [6, 6.07) is 8.34. The highest BCUT2D eigenvalue weighted by molar-refractivity contribution is 14.0. The van der Waals surface area contributed by atoms with Gasteiger partial charge in [-0.1, -0.05) is 18.2 Å². The second kappa shape index (κ2) is 9.45. The molecule has 1 atom stereocenters. The standard InChI is InChI=1S/C19H29N3O3S.HI/c1-20-18(21-12-7-13-26(2,23)24)22-16-14-19(10-5-6-11-19)25-17-9-4-3-8-15(16)17;/h3-4,8-9,16H,5-7,10-14H2,1-2H3,(H2,20,21,22);1H. The van der Waals surface area contributed by atoms with Gasteiger partial charge in [0.1, 0.15) is 21.2 Å². The maximum atomic E-state index is 11.3. The smallest absolute Gasteiger partial charge is 0.191 e. The summed E-state index contributed by atoms with van der Waals surface area (Å²) < 4.78 is 28.9. The van der Waals surface area contributed by atoms with Crippen LogP contribution in [0.25, 0.3) is 0 Å². The van der Waals surface area contributed by atoms with Gasteiger partial charge in [0.2, 0.25) is 0 Å². The van der Waals surface area contributed by atoms with E-state index in [2.05, 4.69) is 21.7 Å². The number of nitrogens with one attached hydrogen (secondary N) is 2. The van der Waals surface area contributed by atoms with Gasteiger partial charge in [-0.3, -0.25) is 4.99 Å². The van der Waals surface area contributed by atoms with Gasteiger partial charge < -0.3 is 15.4 Å². The molecule has 1 aliphatic carbocycles. The number of halogens is 1. The highest BCUT2D eigenvalue weighted by Gasteiger charge is 2.43. The molecule has 8 heteroatoms. The maximum absolute atomic E-state index is 11.3. The van der Waals surface area contributed by atoms with E-state index in [-0.39, 0.29) is 41.4 Å². The minimum absolute atomic E-state index is 0. The number of hydrogen-bond donors (Lipinski definition) is 2. The van der Waals surface area contributed by atoms with Crippen molar-refractivity contribution in [3.8, 4) is 5.75 Å². The lowest BCUT2D eigenvalue weighted by molar-refractivity contribution is 0.0396. The van der Waals surface area contributed by atoms with Crippen molar-refractivity contribution in [1.29, 1.82) is 0 Å². The Morgan fingerprint density at radius 3 is 2.67 bits per heavy atom. The summed E-state index contributed by atoms with van der Waals surface area (Å²) in [6.07, 6.45) is 7.38. The van der Waals surface area contributed by atoms with E-state index in [1.54, 1.807) is 7.05 Å². The van der Waals surface area contributed by atoms with E-state index in [0.29, 0.717) is 18.9 Å². The Labute approximate surface area is 179 Å². The third-order valence-corrected chi connectivity index (χ3v) is 6.26. The number of guanidine groups is 1. The third-order valence-electron chi connectivity index (χ3n) is 5.23. The van der Waals surface area contributed by atoms with E-state index in [9.17, 15) is 8.42 Å². The van der Waals surface area contributed by atoms with Crippen LogP contribution in [0.2, 0.25) is 0 Å². The van der Waals surface area contributed by atoms with Crippen molar-refractivity contribution in [2.75, 3.05) is 25.6 Å². The number of nitrogens with zero attached hydrogens (tertiary/aromatic N) is 1. The molecular formula is C19H30IN3O3S. The van der Waals surface area contributed by atoms with Crippen LogP contribution in [0.1, 0.15) is 50.1 Å². The van der Waals surface area contributed by atoms with Crippen molar-refractivity contribution >= 4 is 39.8 Å². The Hall–Kier alpha value is -1.03. The highest BCUT2D eigenvalue weighted by atomic mass is 127. The fourth-order valence-electron chi connectivity index (χ4n) is 3.97. The summed E-state index contributed by atoms with van der Waals surface area (Å²) in [5.41, 5.74) is 1.09. The number of para-hydroxylation sites is 1. The first kappa shape index (κ1) is 22.3. The average Bonchev–Trinajstić information content (AvgIpc) is 3.04. The Balaban J connectivity index is 0.00000261. The zero-order valence-electron chi connectivity index (χ0n) is 16.0. The summed E-state index contributed by atoms with van der Waals surface area (Å²) in [5.74, 6) is 1.85. The third kappa shape index (κ3) is 5.97. The molecule has 1 spiro atoms. The van der Waals surface area contributed by atoms with Crippen molar-refractivity contribution in [2.45, 2.75) is 50.2 Å². The molecule has 0 amide bonds. The molecule has 2 aliphatic rings. The largest absolute Gasteiger partial charge is 0.487 e. The van der Waals surface area contributed by atoms with E-state index >= 15 is 0 Å². The number of benzene rings is 1. The van der Waals surface area contributed by atoms with Crippen LogP contribution in [0.3, 0.4) is 0 Å². The molecule has 1 aromatic rings. The normalized spacial score (nSPS) is 21.1. The van der Waals surface area contributed by atoms with Gasteiger partial charge in [-0.25, -0.2) is 8.42 Å². The van der Waals surface area contributed by atoms with Crippen LogP contribution >= 0.6 is 24.0 Å². The van der Waals surface area contributed by atoms with Crippen LogP contribution < -0.4 is 15.4 Å². The Morgan fingerprint density at radius 1 is 1.30 bits per heavy atom. The molecule has 0 radical (unpaired) electrons. The second-order valence-electron chi connectivity index (χ2n) is 7.41. The van der Waals surface area contributed by atoms with Crippen LogP contribution in [0.5, 0.6) is 5.75 Å². The molecule has 1 fully saturated rings. The molecule has 1 aromatic carbocycles. The molecule has 6 nitrogen and oxygen atoms in total. The molecule has 1 saturated carbocycles. The molecule has 1 aliphatic heterocycles. The molecule has 2 N–H and O–H groups in total. The minimum atomic E-state index is -2.93. The molecule has 0 aromatic heterocycles. The summed E-state index contributed by atoms with van der Waals surface area (Å²) >= 11 is 0. The number of hydrogen-bond acceptors (Lipinski definition) is 4. The van der Waals surface area contributed by atoms with Gasteiger partial charge in [0.15, 0.2) is 5.96 Å². The fourth-order valence-corrected chi connectivity index (χ4v) is 4.64. The number of ether oxygens (including phenoxy) is 1. The van der Waals surface area contributed by atoms with Gasteiger partial charge in [0, 0.05) is 31.8 Å². The van der Waals surface area contributed by atoms with Gasteiger partial charge in [0.25, 0.3) is 0 Å². The van der Waals surface area contributed by atoms with Gasteiger partial charge in [0.05, 0.1) is 11.8 Å². The predicted octanol–water partition coefficient (Wildman–Crippen LogP) is 3.04. The second-order valence-corrected chi connectivity index (χ2v) is 9.67. The Kier molecular flexibility index (Phi) is 7.79. The van der Waals surface area contributed by atoms with Crippen molar-refractivity contribution in [1.82, 2.24) is 10.6 Å². The molecular weight excluding hydrogens is 477 g/mol. The molecule has 3 rings (SSSR count). The monoisotopic (exact) mass is 507 g/mol. The first-order chi connectivity index (χ1) is 12.4. The van der Waals surface area contributed by atoms with Crippen LogP contribution in [-0.2, 0) is 9.84 Å². The number of fused-ring (bicyclic) bond motifs is 1. The van der Waals surface area contributed by atoms with Crippen molar-refractivity contribution < 1.29 is 13.2 Å². The van der Waals surface area contributed by atoms with Gasteiger partial charge in [-0.15, -0.1) is 24.0 Å². The number of rotatable bonds is 5. The first-order valence-corrected chi connectivity index (χ1v) is 11.4. The zero-order valence-corrected chi connectivity index (χ0v) is 19.2. The molecule has 27 heavy (non-hydrogen) atoms. The first-order valence-electron chi connectivity index (χ1n) is 9.34. The van der Waals surface area contributed by atoms with E-state index in [1.165, 1.54) is 19.1 Å². The van der Waals surface area contributed by atoms with Gasteiger partial charge >= 0.3 is 0 Å². The number of sulfone groups is 1. The summed E-state index contributed by atoms with van der Waals surface area (Å²) in [4.78, 5) is 4.31. The molecule has 1 unspecified atom stereocenters. The fraction of sp³-hybridized carbons (Fsp3) is 0.632. The summed E-state index contributed by atoms with van der Waals surface area (Å²) in [5, 5.41) is 6.75. The average molecular weight is 507 g/mol. The van der Waals surface area contributed by atoms with E-state index < -0.39 is 9.84 Å². The van der Waals surface area contributed by atoms with Crippen molar-refractivity contribution in [3.05, 3.63) is 29.8 Å². The number of aliphatic imine (C=N–C) groups is 1. The van der Waals surface area contributed by atoms with Crippen molar-refractivity contribution in [3.63, 3.8) is 0 Å². The lowest BCUT2D eigenvalue weighted by atomic mass is 9.86. The van der Waals surface area contributed by atoms with Crippen LogP contribution in [0, 0.1) is 0 Å². The molecule has 0 saturated heterocycles. The highest BCUT2D eigenvalue weighted by Crippen LogP contribution is 2.46. The van der Waals surface area contributed by atoms with E-state index in [4.69, 9.17) is 4.74 Å². The Bertz CT molecular complexity index is 761. The SMILES string of the molecule is CN=C(NCCCS(C)(=O)=O)NC1CC2(CCCC2)Oc2ccccc21.I. The maximum Gasteiger partial charge on any atom is 0.191 e. The van der Waals surface area contributed by atoms with Crippen molar-refractivity contribution in [2.24, 2.45) is 4.99 Å². The summed E-state index contributed by atoms with van der Waals surface area (Å²) in [7, 11) is -1.19. The Morgan fingerprint density at radius 2 is 2.00 bits per heavy atom. The van der Waals surface area contributed by atoms with E-state index in [0.717, 1.165) is 30.6 Å². The van der Waals surface area contributed by atoms with Crippen LogP contribution in [0.4, 0.5) is 0 Å². The molecule has 1 heterocycles. The quantitative estimate of drug-likeness (QED) is 0.277. The summed E-state index contributed by atoms with van der Waals surface area (Å²) in [6.45, 7) is 0.572. The predicted molar refractivity (Wildman–Crippen MR) is 120 cm³/mol. The minimum Gasteiger partial charge on any atom is -0.487 e. The molecule has 152 valence electrons. The van der Waals surface area contributed by atoms with Crippen LogP contribution in [0.15, 0.2) is 29.3 Å². The topological polar surface area (TPSA) is 79.8 Å². The van der Waals surface area contributed by atoms with Crippen LogP contribution in [-0.4, -0.2) is 45.6 Å². The lowest BCUT2D eigenvalue weighted by Gasteiger charge is -2.40. The molecule has 0 bridgehead atoms.